The van der Waals surface area contributed by atoms with Crippen LogP contribution in [0.5, 0.6) is 17.2 Å². The summed E-state index contributed by atoms with van der Waals surface area (Å²) in [5.41, 5.74) is -1.00. The number of benzene rings is 1. The quantitative estimate of drug-likeness (QED) is 0.276. The summed E-state index contributed by atoms with van der Waals surface area (Å²) in [5, 5.41) is 19.4. The SMILES string of the molecule is CCCCOOc1ccc(O)c(O)c1C(=O)OC(C)(C)C. The van der Waals surface area contributed by atoms with Crippen LogP contribution in [-0.4, -0.2) is 28.4 Å². The molecule has 0 heterocycles. The Labute approximate surface area is 124 Å². The van der Waals surface area contributed by atoms with E-state index in [9.17, 15) is 15.0 Å². The molecular formula is C15H22O6. The van der Waals surface area contributed by atoms with Crippen LogP contribution < -0.4 is 4.89 Å². The summed E-state index contributed by atoms with van der Waals surface area (Å²) in [6.07, 6.45) is 1.73. The molecular weight excluding hydrogens is 276 g/mol. The maximum Gasteiger partial charge on any atom is 0.346 e. The number of carbonyl (C=O) groups excluding carboxylic acids is 1. The van der Waals surface area contributed by atoms with Crippen LogP contribution in [0.25, 0.3) is 0 Å². The molecule has 0 radical (unpaired) electrons. The zero-order valence-corrected chi connectivity index (χ0v) is 12.8. The van der Waals surface area contributed by atoms with Crippen molar-refractivity contribution in [1.82, 2.24) is 0 Å². The first-order valence-electron chi connectivity index (χ1n) is 6.84. The summed E-state index contributed by atoms with van der Waals surface area (Å²) in [6.45, 7) is 7.45. The number of phenols is 2. The van der Waals surface area contributed by atoms with Crippen molar-refractivity contribution >= 4 is 5.97 Å². The first-order chi connectivity index (χ1) is 9.76. The number of ether oxygens (including phenoxy) is 1. The fraction of sp³-hybridized carbons (Fsp3) is 0.533. The Balaban J connectivity index is 2.98. The van der Waals surface area contributed by atoms with E-state index in [1.807, 2.05) is 6.92 Å². The van der Waals surface area contributed by atoms with E-state index in [4.69, 9.17) is 14.5 Å². The molecule has 1 rings (SSSR count). The monoisotopic (exact) mass is 298 g/mol. The standard InChI is InChI=1S/C15H22O6/c1-5-6-9-19-21-11-8-7-10(16)13(17)12(11)14(18)20-15(2,3)4/h7-8,16-17H,5-6,9H2,1-4H3. The molecule has 0 saturated heterocycles. The second-order valence-electron chi connectivity index (χ2n) is 5.57. The van der Waals surface area contributed by atoms with Gasteiger partial charge in [-0.2, -0.15) is 4.89 Å². The highest BCUT2D eigenvalue weighted by Crippen LogP contribution is 2.37. The van der Waals surface area contributed by atoms with E-state index in [2.05, 4.69) is 0 Å². The van der Waals surface area contributed by atoms with E-state index >= 15 is 0 Å². The molecule has 0 amide bonds. The van der Waals surface area contributed by atoms with Crippen LogP contribution in [0.2, 0.25) is 0 Å². The Bertz CT molecular complexity index is 490. The van der Waals surface area contributed by atoms with E-state index < -0.39 is 23.1 Å². The molecule has 1 aromatic rings. The van der Waals surface area contributed by atoms with Gasteiger partial charge in [-0.1, -0.05) is 13.3 Å². The van der Waals surface area contributed by atoms with Gasteiger partial charge in [0.05, 0.1) is 6.61 Å². The summed E-state index contributed by atoms with van der Waals surface area (Å²) < 4.78 is 5.18. The highest BCUT2D eigenvalue weighted by atomic mass is 17.2. The van der Waals surface area contributed by atoms with Gasteiger partial charge in [-0.15, -0.1) is 0 Å². The van der Waals surface area contributed by atoms with Crippen molar-refractivity contribution in [3.63, 3.8) is 0 Å². The van der Waals surface area contributed by atoms with Crippen LogP contribution >= 0.6 is 0 Å². The highest BCUT2D eigenvalue weighted by molar-refractivity contribution is 5.96. The summed E-state index contributed by atoms with van der Waals surface area (Å²) in [7, 11) is 0. The third-order valence-corrected chi connectivity index (χ3v) is 2.45. The van der Waals surface area contributed by atoms with Crippen LogP contribution in [0.15, 0.2) is 12.1 Å². The highest BCUT2D eigenvalue weighted by Gasteiger charge is 2.26. The molecule has 0 aliphatic heterocycles. The van der Waals surface area contributed by atoms with E-state index in [1.165, 1.54) is 12.1 Å². The molecule has 118 valence electrons. The Morgan fingerprint density at radius 1 is 1.24 bits per heavy atom. The molecule has 1 aromatic carbocycles. The van der Waals surface area contributed by atoms with Crippen molar-refractivity contribution in [2.75, 3.05) is 6.61 Å². The van der Waals surface area contributed by atoms with Gasteiger partial charge in [-0.3, -0.25) is 0 Å². The zero-order valence-electron chi connectivity index (χ0n) is 12.8. The number of aromatic hydroxyl groups is 2. The molecule has 6 nitrogen and oxygen atoms in total. The van der Waals surface area contributed by atoms with Crippen LogP contribution in [0.1, 0.15) is 50.9 Å². The second-order valence-corrected chi connectivity index (χ2v) is 5.57. The van der Waals surface area contributed by atoms with Gasteiger partial charge in [0, 0.05) is 0 Å². The van der Waals surface area contributed by atoms with Crippen LogP contribution in [-0.2, 0) is 9.62 Å². The molecule has 0 spiro atoms. The number of esters is 1. The Hall–Kier alpha value is -1.95. The number of unbranched alkanes of at least 4 members (excludes halogenated alkanes) is 1. The summed E-state index contributed by atoms with van der Waals surface area (Å²) in [5.74, 6) is -1.83. The molecule has 0 aliphatic carbocycles. The Morgan fingerprint density at radius 3 is 2.48 bits per heavy atom. The van der Waals surface area contributed by atoms with Crippen molar-refractivity contribution in [2.45, 2.75) is 46.1 Å². The van der Waals surface area contributed by atoms with Crippen LogP contribution in [0.3, 0.4) is 0 Å². The first-order valence-corrected chi connectivity index (χ1v) is 6.84. The minimum Gasteiger partial charge on any atom is -0.504 e. The van der Waals surface area contributed by atoms with Crippen LogP contribution in [0.4, 0.5) is 0 Å². The molecule has 0 aromatic heterocycles. The number of carbonyl (C=O) groups is 1. The average Bonchev–Trinajstić information content (AvgIpc) is 2.36. The van der Waals surface area contributed by atoms with E-state index in [0.29, 0.717) is 6.61 Å². The largest absolute Gasteiger partial charge is 0.504 e. The predicted octanol–water partition coefficient (Wildman–Crippen LogP) is 3.16. The summed E-state index contributed by atoms with van der Waals surface area (Å²) >= 11 is 0. The maximum absolute atomic E-state index is 12.1. The molecule has 21 heavy (non-hydrogen) atoms. The lowest BCUT2D eigenvalue weighted by atomic mass is 10.1. The van der Waals surface area contributed by atoms with Gasteiger partial charge >= 0.3 is 5.97 Å². The van der Waals surface area contributed by atoms with Crippen molar-refractivity contribution in [3.8, 4) is 17.2 Å². The van der Waals surface area contributed by atoms with Gasteiger partial charge in [-0.05, 0) is 39.3 Å². The van der Waals surface area contributed by atoms with Gasteiger partial charge in [0.15, 0.2) is 22.8 Å². The molecule has 0 aliphatic rings. The van der Waals surface area contributed by atoms with Crippen LogP contribution in [0, 0.1) is 0 Å². The van der Waals surface area contributed by atoms with E-state index in [0.717, 1.165) is 12.8 Å². The minimum absolute atomic E-state index is 0.00402. The smallest absolute Gasteiger partial charge is 0.346 e. The summed E-state index contributed by atoms with van der Waals surface area (Å²) in [4.78, 5) is 22.1. The number of hydrogen-bond acceptors (Lipinski definition) is 6. The lowest BCUT2D eigenvalue weighted by Crippen LogP contribution is -2.24. The fourth-order valence-electron chi connectivity index (χ4n) is 1.47. The van der Waals surface area contributed by atoms with Crippen molar-refractivity contribution in [3.05, 3.63) is 17.7 Å². The molecule has 0 saturated carbocycles. The third kappa shape index (κ3) is 5.15. The molecule has 6 heteroatoms. The van der Waals surface area contributed by atoms with Gasteiger partial charge in [0.25, 0.3) is 0 Å². The topological polar surface area (TPSA) is 85.2 Å². The average molecular weight is 298 g/mol. The number of hydrogen-bond donors (Lipinski definition) is 2. The van der Waals surface area contributed by atoms with Crippen molar-refractivity contribution in [1.29, 1.82) is 0 Å². The van der Waals surface area contributed by atoms with Gasteiger partial charge in [0.1, 0.15) is 5.60 Å². The summed E-state index contributed by atoms with van der Waals surface area (Å²) in [6, 6.07) is 2.54. The van der Waals surface area contributed by atoms with Gasteiger partial charge in [-0.25, -0.2) is 4.79 Å². The molecule has 0 fully saturated rings. The number of phenolic OH excluding ortho intramolecular Hbond substituents is 2. The van der Waals surface area contributed by atoms with E-state index in [1.54, 1.807) is 20.8 Å². The Morgan fingerprint density at radius 2 is 1.90 bits per heavy atom. The molecule has 0 atom stereocenters. The Kier molecular flexibility index (Phi) is 5.84. The van der Waals surface area contributed by atoms with E-state index in [-0.39, 0.29) is 11.3 Å². The van der Waals surface area contributed by atoms with Gasteiger partial charge in [0.2, 0.25) is 0 Å². The van der Waals surface area contributed by atoms with Crippen molar-refractivity contribution < 1.29 is 29.5 Å². The van der Waals surface area contributed by atoms with Crippen molar-refractivity contribution in [2.24, 2.45) is 0 Å². The maximum atomic E-state index is 12.1. The lowest BCUT2D eigenvalue weighted by molar-refractivity contribution is -0.207. The normalized spacial score (nSPS) is 11.2. The third-order valence-electron chi connectivity index (χ3n) is 2.45. The molecule has 2 N–H and O–H groups in total. The predicted molar refractivity (Wildman–Crippen MR) is 76.4 cm³/mol. The van der Waals surface area contributed by atoms with Gasteiger partial charge < -0.3 is 19.8 Å². The number of rotatable bonds is 6. The second kappa shape index (κ2) is 7.17. The fourth-order valence-corrected chi connectivity index (χ4v) is 1.47. The minimum atomic E-state index is -0.801. The zero-order chi connectivity index (χ0) is 16.0. The lowest BCUT2D eigenvalue weighted by Gasteiger charge is -2.20. The molecule has 0 bridgehead atoms. The molecule has 0 unspecified atom stereocenters. The first kappa shape index (κ1) is 17.1.